The molecule has 20 heteroatoms. The van der Waals surface area contributed by atoms with Crippen molar-refractivity contribution < 1.29 is 56.3 Å². The molecule has 0 spiro atoms. The van der Waals surface area contributed by atoms with Crippen molar-refractivity contribution in [1.82, 2.24) is 25.5 Å². The maximum atomic E-state index is 14.8. The Hall–Kier alpha value is -4.77. The Labute approximate surface area is 399 Å². The van der Waals surface area contributed by atoms with E-state index < -0.39 is 23.1 Å². The molecule has 0 aliphatic carbocycles. The zero-order chi connectivity index (χ0) is 48.0. The number of fused-ring (bicyclic) bond motifs is 1. The number of aliphatic hydroxyl groups excluding tert-OH is 1. The van der Waals surface area contributed by atoms with Crippen LogP contribution in [0.4, 0.5) is 24.0 Å². The molecule has 0 radical (unpaired) electrons. The van der Waals surface area contributed by atoms with Crippen molar-refractivity contribution >= 4 is 34.0 Å². The number of halogens is 3. The van der Waals surface area contributed by atoms with Gasteiger partial charge in [0.2, 0.25) is 17.6 Å². The summed E-state index contributed by atoms with van der Waals surface area (Å²) in [6, 6.07) is 10.1. The molecule has 2 atom stereocenters. The fourth-order valence-electron chi connectivity index (χ4n) is 8.34. The molecule has 0 bridgehead atoms. The lowest BCUT2D eigenvalue weighted by Crippen LogP contribution is -2.62. The Balaban J connectivity index is 0.753. The summed E-state index contributed by atoms with van der Waals surface area (Å²) in [5.74, 6) is -2.98. The van der Waals surface area contributed by atoms with Crippen LogP contribution >= 0.6 is 11.3 Å². The van der Waals surface area contributed by atoms with Gasteiger partial charge in [-0.1, -0.05) is 26.0 Å². The van der Waals surface area contributed by atoms with Gasteiger partial charge in [-0.2, -0.15) is 4.39 Å². The van der Waals surface area contributed by atoms with Crippen LogP contribution in [0.3, 0.4) is 0 Å². The normalized spacial score (nSPS) is 18.2. The number of nitrogens with one attached hydrogen (secondary N) is 2. The monoisotopic (exact) mass is 969 g/mol. The maximum absolute atomic E-state index is 14.8. The summed E-state index contributed by atoms with van der Waals surface area (Å²) in [5, 5.41) is 19.1. The third-order valence-corrected chi connectivity index (χ3v) is 12.8. The van der Waals surface area contributed by atoms with Gasteiger partial charge >= 0.3 is 0 Å². The smallest absolute Gasteiger partial charge is 0.241 e. The molecular formula is C48H62F3N7O9S. The van der Waals surface area contributed by atoms with Gasteiger partial charge < -0.3 is 54.0 Å². The molecule has 370 valence electrons. The van der Waals surface area contributed by atoms with Gasteiger partial charge in [0.1, 0.15) is 18.5 Å². The van der Waals surface area contributed by atoms with Gasteiger partial charge in [-0.15, -0.1) is 11.3 Å². The van der Waals surface area contributed by atoms with Crippen LogP contribution < -0.4 is 25.2 Å². The average molecular weight is 970 g/mol. The minimum Gasteiger partial charge on any atom is -0.487 e. The van der Waals surface area contributed by atoms with E-state index in [1.165, 1.54) is 29.5 Å². The molecule has 3 N–H and O–H groups in total. The number of carbonyl (C=O) groups excluding carboxylic acids is 2. The molecule has 16 nitrogen and oxygen atoms in total. The van der Waals surface area contributed by atoms with Crippen LogP contribution in [0.1, 0.15) is 43.3 Å². The van der Waals surface area contributed by atoms with E-state index in [-0.39, 0.29) is 75.5 Å². The number of hydrogen-bond donors (Lipinski definition) is 3. The zero-order valence-corrected chi connectivity index (χ0v) is 39.7. The molecule has 2 fully saturated rings. The van der Waals surface area contributed by atoms with E-state index in [9.17, 15) is 27.9 Å². The fraction of sp³-hybridized carbons (Fsp3) is 0.542. The number of carbonyl (C=O) groups is 2. The van der Waals surface area contributed by atoms with Crippen LogP contribution in [-0.4, -0.2) is 162 Å². The lowest BCUT2D eigenvalue weighted by atomic mass is 9.90. The average Bonchev–Trinajstić information content (AvgIpc) is 3.93. The highest BCUT2D eigenvalue weighted by Crippen LogP contribution is 2.41. The van der Waals surface area contributed by atoms with Crippen LogP contribution in [0.5, 0.6) is 5.75 Å². The van der Waals surface area contributed by atoms with E-state index in [0.29, 0.717) is 108 Å². The summed E-state index contributed by atoms with van der Waals surface area (Å²) in [6.45, 7) is 12.3. The van der Waals surface area contributed by atoms with Crippen molar-refractivity contribution in [2.75, 3.05) is 128 Å². The highest BCUT2D eigenvalue weighted by molar-refractivity contribution is 7.14. The van der Waals surface area contributed by atoms with E-state index in [1.807, 2.05) is 31.7 Å². The molecule has 4 aromatic rings. The number of benzene rings is 2. The summed E-state index contributed by atoms with van der Waals surface area (Å²) >= 11 is 1.43. The number of anilines is 2. The molecule has 2 aromatic carbocycles. The first-order chi connectivity index (χ1) is 32.9. The van der Waals surface area contributed by atoms with Crippen molar-refractivity contribution in [2.24, 2.45) is 0 Å². The van der Waals surface area contributed by atoms with E-state index in [4.69, 9.17) is 33.4 Å². The molecule has 0 unspecified atom stereocenters. The lowest BCUT2D eigenvalue weighted by Gasteiger charge is -2.38. The van der Waals surface area contributed by atoms with Crippen molar-refractivity contribution in [1.29, 1.82) is 0 Å². The number of rotatable bonds is 24. The zero-order valence-electron chi connectivity index (χ0n) is 38.9. The summed E-state index contributed by atoms with van der Waals surface area (Å²) in [5.41, 5.74) is 3.95. The molecule has 68 heavy (non-hydrogen) atoms. The van der Waals surface area contributed by atoms with E-state index in [2.05, 4.69) is 20.5 Å². The number of pyridine rings is 1. The first-order valence-corrected chi connectivity index (χ1v) is 23.9. The summed E-state index contributed by atoms with van der Waals surface area (Å²) < 4.78 is 76.0. The van der Waals surface area contributed by atoms with Crippen LogP contribution in [0.15, 0.2) is 47.8 Å². The molecule has 5 heterocycles. The summed E-state index contributed by atoms with van der Waals surface area (Å²) in [7, 11) is 0. The Morgan fingerprint density at radius 2 is 1.60 bits per heavy atom. The Morgan fingerprint density at radius 1 is 0.926 bits per heavy atom. The second kappa shape index (κ2) is 24.7. The van der Waals surface area contributed by atoms with Gasteiger partial charge in [-0.25, -0.2) is 13.8 Å². The van der Waals surface area contributed by atoms with Gasteiger partial charge in [0.05, 0.1) is 102 Å². The van der Waals surface area contributed by atoms with E-state index in [1.54, 1.807) is 22.4 Å². The van der Waals surface area contributed by atoms with Gasteiger partial charge in [0.25, 0.3) is 0 Å². The Bertz CT molecular complexity index is 2290. The van der Waals surface area contributed by atoms with Crippen LogP contribution in [-0.2, 0) is 51.7 Å². The molecule has 0 saturated carbocycles. The topological polar surface area (TPSA) is 169 Å². The predicted molar refractivity (Wildman–Crippen MR) is 250 cm³/mol. The molecule has 2 saturated heterocycles. The van der Waals surface area contributed by atoms with Crippen molar-refractivity contribution in [3.8, 4) is 17.0 Å². The third kappa shape index (κ3) is 13.5. The predicted octanol–water partition coefficient (Wildman–Crippen LogP) is 4.09. The largest absolute Gasteiger partial charge is 0.487 e. The summed E-state index contributed by atoms with van der Waals surface area (Å²) in [4.78, 5) is 42.7. The van der Waals surface area contributed by atoms with Crippen LogP contribution in [0, 0.1) is 17.5 Å². The second-order valence-corrected chi connectivity index (χ2v) is 18.3. The SMILES string of the molecule is C[C@@H]1CN(CC(=O)N2CC(C)(C)c3nc(CO)c(Cc4ccc(F)cc4)cc32)[C@@H](C(=O)NCCOCCOCCOCCOCCOc2c(-c3csc(N4CCOCC4)n3)ccc(F)c2F)CN1. The Kier molecular flexibility index (Phi) is 18.5. The number of thiazole rings is 1. The highest BCUT2D eigenvalue weighted by Gasteiger charge is 2.42. The molecular weight excluding hydrogens is 908 g/mol. The Morgan fingerprint density at radius 3 is 2.29 bits per heavy atom. The minimum atomic E-state index is -1.07. The minimum absolute atomic E-state index is 0.00129. The van der Waals surface area contributed by atoms with Crippen LogP contribution in [0.25, 0.3) is 11.3 Å². The van der Waals surface area contributed by atoms with Crippen molar-refractivity contribution in [2.45, 2.75) is 51.3 Å². The number of aliphatic hydroxyl groups is 1. The number of aromatic nitrogens is 2. The first kappa shape index (κ1) is 51.1. The second-order valence-electron chi connectivity index (χ2n) is 17.5. The molecule has 7 rings (SSSR count). The number of amides is 2. The van der Waals surface area contributed by atoms with Gasteiger partial charge in [0.15, 0.2) is 16.7 Å². The number of morpholine rings is 1. The highest BCUT2D eigenvalue weighted by atomic mass is 32.1. The van der Waals surface area contributed by atoms with Gasteiger partial charge in [0, 0.05) is 61.7 Å². The lowest BCUT2D eigenvalue weighted by molar-refractivity contribution is -0.129. The van der Waals surface area contributed by atoms with Gasteiger partial charge in [-0.3, -0.25) is 19.5 Å². The van der Waals surface area contributed by atoms with Crippen molar-refractivity contribution in [3.05, 3.63) is 87.8 Å². The number of hydrogen-bond acceptors (Lipinski definition) is 15. The number of nitrogens with zero attached hydrogens (tertiary/aromatic N) is 5. The molecule has 3 aliphatic heterocycles. The maximum Gasteiger partial charge on any atom is 0.241 e. The van der Waals surface area contributed by atoms with Crippen LogP contribution in [0.2, 0.25) is 0 Å². The first-order valence-electron chi connectivity index (χ1n) is 23.1. The van der Waals surface area contributed by atoms with E-state index >= 15 is 0 Å². The number of piperazine rings is 1. The fourth-order valence-corrected chi connectivity index (χ4v) is 9.22. The molecule has 2 aromatic heterocycles. The van der Waals surface area contributed by atoms with Gasteiger partial charge in [-0.05, 0) is 54.8 Å². The third-order valence-electron chi connectivity index (χ3n) is 11.9. The standard InChI is InChI=1S/C48H62F3N7O9S/c1-32-27-57(28-42(60)58-31-48(2,3)45-40(58)25-34(38(29-59)54-45)24-33-4-6-35(49)7-5-33)41(26-53-32)46(61)52-10-13-62-16-17-64-18-19-65-20-21-66-22-23-67-44-36(8-9-37(50)43(44)51)39-30-68-47(55-39)56-11-14-63-15-12-56/h4-9,25,30,32,41,53,59H,10-24,26-29,31H2,1-3H3,(H,52,61)/t32-,41-/m1/s1. The van der Waals surface area contributed by atoms with E-state index in [0.717, 1.165) is 28.0 Å². The summed E-state index contributed by atoms with van der Waals surface area (Å²) in [6.07, 6.45) is 0.418. The van der Waals surface area contributed by atoms with Crippen molar-refractivity contribution in [3.63, 3.8) is 0 Å². The molecule has 2 amide bonds. The number of ether oxygens (including phenoxy) is 6. The quantitative estimate of drug-likeness (QED) is 0.0859. The molecule has 3 aliphatic rings.